The first-order valence-electron chi connectivity index (χ1n) is 5.47. The number of thiophene rings is 1. The molecule has 2 rings (SSSR count). The molecule has 1 heterocycles. The van der Waals surface area contributed by atoms with Crippen molar-refractivity contribution in [3.8, 4) is 5.75 Å². The normalized spacial score (nSPS) is 12.4. The lowest BCUT2D eigenvalue weighted by molar-refractivity contribution is 0.308. The van der Waals surface area contributed by atoms with Crippen LogP contribution in [0.5, 0.6) is 5.75 Å². The van der Waals surface area contributed by atoms with Crippen molar-refractivity contribution in [3.63, 3.8) is 0 Å². The Hall–Kier alpha value is -1.10. The summed E-state index contributed by atoms with van der Waals surface area (Å²) in [5, 5.41) is 2.56. The van der Waals surface area contributed by atoms with E-state index in [1.54, 1.807) is 19.1 Å². The zero-order valence-electron chi connectivity index (χ0n) is 9.82. The predicted octanol–water partition coefficient (Wildman–Crippen LogP) is 4.14. The molecule has 0 radical (unpaired) electrons. The quantitative estimate of drug-likeness (QED) is 0.916. The minimum absolute atomic E-state index is 0.328. The van der Waals surface area contributed by atoms with E-state index in [1.807, 2.05) is 11.4 Å². The van der Waals surface area contributed by atoms with Crippen molar-refractivity contribution in [1.29, 1.82) is 0 Å². The van der Waals surface area contributed by atoms with Crippen LogP contribution in [0.2, 0.25) is 5.02 Å². The molecule has 0 saturated heterocycles. The summed E-state index contributed by atoms with van der Waals surface area (Å²) in [5.41, 5.74) is 6.12. The fourth-order valence-corrected chi connectivity index (χ4v) is 2.55. The molecule has 5 heteroatoms. The largest absolute Gasteiger partial charge is 0.488 e. The van der Waals surface area contributed by atoms with E-state index in [4.69, 9.17) is 22.1 Å². The maximum Gasteiger partial charge on any atom is 0.131 e. The minimum Gasteiger partial charge on any atom is -0.488 e. The second-order valence-electron chi connectivity index (χ2n) is 3.95. The van der Waals surface area contributed by atoms with Crippen molar-refractivity contribution in [1.82, 2.24) is 0 Å². The van der Waals surface area contributed by atoms with Gasteiger partial charge in [0.1, 0.15) is 18.2 Å². The molecule has 0 bridgehead atoms. The Morgan fingerprint density at radius 2 is 2.22 bits per heavy atom. The SMILES string of the molecule is CC(N)c1ccc(OCc2sccc2Cl)cc1F. The molecule has 18 heavy (non-hydrogen) atoms. The van der Waals surface area contributed by atoms with Crippen LogP contribution in [-0.2, 0) is 6.61 Å². The lowest BCUT2D eigenvalue weighted by Gasteiger charge is -2.10. The molecule has 0 spiro atoms. The van der Waals surface area contributed by atoms with Crippen LogP contribution < -0.4 is 10.5 Å². The van der Waals surface area contributed by atoms with Crippen molar-refractivity contribution < 1.29 is 9.13 Å². The number of benzene rings is 1. The van der Waals surface area contributed by atoms with Crippen LogP contribution in [-0.4, -0.2) is 0 Å². The Kier molecular flexibility index (Phi) is 4.22. The van der Waals surface area contributed by atoms with Gasteiger partial charge in [-0.25, -0.2) is 4.39 Å². The molecular weight excluding hydrogens is 273 g/mol. The number of halogens is 2. The average Bonchev–Trinajstić information content (AvgIpc) is 2.72. The van der Waals surface area contributed by atoms with E-state index < -0.39 is 0 Å². The van der Waals surface area contributed by atoms with Gasteiger partial charge >= 0.3 is 0 Å². The summed E-state index contributed by atoms with van der Waals surface area (Å²) in [6.07, 6.45) is 0. The van der Waals surface area contributed by atoms with Crippen LogP contribution in [0.3, 0.4) is 0 Å². The van der Waals surface area contributed by atoms with E-state index in [9.17, 15) is 4.39 Å². The summed E-state index contributed by atoms with van der Waals surface area (Å²) >= 11 is 7.45. The van der Waals surface area contributed by atoms with Gasteiger partial charge in [0.05, 0.1) is 9.90 Å². The molecule has 1 aromatic carbocycles. The smallest absolute Gasteiger partial charge is 0.131 e. The van der Waals surface area contributed by atoms with Crippen LogP contribution in [0, 0.1) is 5.82 Å². The van der Waals surface area contributed by atoms with Gasteiger partial charge in [-0.1, -0.05) is 17.7 Å². The van der Waals surface area contributed by atoms with E-state index in [0.717, 1.165) is 4.88 Å². The molecule has 0 aliphatic rings. The molecule has 2 aromatic rings. The second-order valence-corrected chi connectivity index (χ2v) is 5.36. The zero-order valence-corrected chi connectivity index (χ0v) is 11.4. The molecule has 0 saturated carbocycles. The van der Waals surface area contributed by atoms with Gasteiger partial charge in [0.2, 0.25) is 0 Å². The molecule has 1 atom stereocenters. The molecule has 2 nitrogen and oxygen atoms in total. The van der Waals surface area contributed by atoms with Gasteiger partial charge in [0, 0.05) is 17.7 Å². The summed E-state index contributed by atoms with van der Waals surface area (Å²) in [6.45, 7) is 2.08. The van der Waals surface area contributed by atoms with Gasteiger partial charge in [-0.05, 0) is 24.4 Å². The highest BCUT2D eigenvalue weighted by atomic mass is 35.5. The third-order valence-electron chi connectivity index (χ3n) is 2.52. The highest BCUT2D eigenvalue weighted by Gasteiger charge is 2.09. The molecule has 1 unspecified atom stereocenters. The first-order valence-corrected chi connectivity index (χ1v) is 6.73. The van der Waals surface area contributed by atoms with Crippen LogP contribution in [0.4, 0.5) is 4.39 Å². The number of rotatable bonds is 4. The summed E-state index contributed by atoms with van der Waals surface area (Å²) in [7, 11) is 0. The van der Waals surface area contributed by atoms with Gasteiger partial charge in [-0.15, -0.1) is 11.3 Å². The topological polar surface area (TPSA) is 35.2 Å². The monoisotopic (exact) mass is 285 g/mol. The van der Waals surface area contributed by atoms with Crippen molar-refractivity contribution >= 4 is 22.9 Å². The van der Waals surface area contributed by atoms with Gasteiger partial charge in [0.15, 0.2) is 0 Å². The fourth-order valence-electron chi connectivity index (χ4n) is 1.54. The summed E-state index contributed by atoms with van der Waals surface area (Å²) < 4.78 is 19.2. The van der Waals surface area contributed by atoms with Gasteiger partial charge < -0.3 is 10.5 Å². The lowest BCUT2D eigenvalue weighted by atomic mass is 10.1. The molecule has 0 fully saturated rings. The van der Waals surface area contributed by atoms with Crippen molar-refractivity contribution in [3.05, 3.63) is 50.9 Å². The molecule has 0 aliphatic heterocycles. The minimum atomic E-state index is -0.347. The average molecular weight is 286 g/mol. The molecule has 2 N–H and O–H groups in total. The third kappa shape index (κ3) is 3.02. The van der Waals surface area contributed by atoms with Crippen molar-refractivity contribution in [2.45, 2.75) is 19.6 Å². The number of nitrogens with two attached hydrogens (primary N) is 1. The standard InChI is InChI=1S/C13H13ClFNOS/c1-8(16)10-3-2-9(6-12(10)15)17-7-13-11(14)4-5-18-13/h2-6,8H,7,16H2,1H3. The van der Waals surface area contributed by atoms with Gasteiger partial charge in [-0.2, -0.15) is 0 Å². The maximum atomic E-state index is 13.7. The summed E-state index contributed by atoms with van der Waals surface area (Å²) in [5.74, 6) is 0.126. The Balaban J connectivity index is 2.07. The summed E-state index contributed by atoms with van der Waals surface area (Å²) in [6, 6.07) is 6.19. The third-order valence-corrected chi connectivity index (χ3v) is 3.88. The van der Waals surface area contributed by atoms with Crippen LogP contribution in [0.1, 0.15) is 23.4 Å². The van der Waals surface area contributed by atoms with E-state index in [-0.39, 0.29) is 11.9 Å². The first-order chi connectivity index (χ1) is 8.58. The Labute approximate surface area is 114 Å². The maximum absolute atomic E-state index is 13.7. The lowest BCUT2D eigenvalue weighted by Crippen LogP contribution is -2.07. The van der Waals surface area contributed by atoms with Crippen LogP contribution in [0.15, 0.2) is 29.6 Å². The zero-order chi connectivity index (χ0) is 13.1. The van der Waals surface area contributed by atoms with E-state index in [2.05, 4.69) is 0 Å². The molecule has 1 aromatic heterocycles. The highest BCUT2D eigenvalue weighted by molar-refractivity contribution is 7.10. The second kappa shape index (κ2) is 5.69. The number of hydrogen-bond acceptors (Lipinski definition) is 3. The Bertz CT molecular complexity index is 542. The van der Waals surface area contributed by atoms with Crippen LogP contribution in [0.25, 0.3) is 0 Å². The Morgan fingerprint density at radius 3 is 2.78 bits per heavy atom. The van der Waals surface area contributed by atoms with Crippen molar-refractivity contribution in [2.75, 3.05) is 0 Å². The molecular formula is C13H13ClFNOS. The van der Waals surface area contributed by atoms with E-state index >= 15 is 0 Å². The van der Waals surface area contributed by atoms with E-state index in [1.165, 1.54) is 17.4 Å². The van der Waals surface area contributed by atoms with Crippen molar-refractivity contribution in [2.24, 2.45) is 5.73 Å². The molecule has 0 amide bonds. The fraction of sp³-hybridized carbons (Fsp3) is 0.231. The molecule has 0 aliphatic carbocycles. The number of hydrogen-bond donors (Lipinski definition) is 1. The van der Waals surface area contributed by atoms with Gasteiger partial charge in [-0.3, -0.25) is 0 Å². The van der Waals surface area contributed by atoms with Gasteiger partial charge in [0.25, 0.3) is 0 Å². The van der Waals surface area contributed by atoms with E-state index in [0.29, 0.717) is 22.9 Å². The number of ether oxygens (including phenoxy) is 1. The Morgan fingerprint density at radius 1 is 1.44 bits per heavy atom. The predicted molar refractivity (Wildman–Crippen MR) is 72.7 cm³/mol. The summed E-state index contributed by atoms with van der Waals surface area (Å²) in [4.78, 5) is 0.924. The molecule has 96 valence electrons. The van der Waals surface area contributed by atoms with Crippen LogP contribution >= 0.6 is 22.9 Å². The highest BCUT2D eigenvalue weighted by Crippen LogP contribution is 2.25. The first kappa shape index (κ1) is 13.3.